The Morgan fingerprint density at radius 1 is 1.16 bits per heavy atom. The third-order valence-electron chi connectivity index (χ3n) is 5.49. The highest BCUT2D eigenvalue weighted by atomic mass is 16.5. The molecule has 2 atom stereocenters. The van der Waals surface area contributed by atoms with Gasteiger partial charge in [0.05, 0.1) is 5.69 Å². The number of hydrogen-bond acceptors (Lipinski definition) is 4. The van der Waals surface area contributed by atoms with Crippen LogP contribution in [0.15, 0.2) is 40.9 Å². The van der Waals surface area contributed by atoms with Crippen molar-refractivity contribution in [3.05, 3.63) is 53.4 Å². The number of benzene rings is 1. The second-order valence-electron chi connectivity index (χ2n) is 7.21. The fourth-order valence-electron chi connectivity index (χ4n) is 4.35. The number of aromatic nitrogens is 1. The zero-order chi connectivity index (χ0) is 17.2. The Morgan fingerprint density at radius 3 is 2.68 bits per heavy atom. The number of likely N-dealkylation sites (tertiary alicyclic amines) is 2. The molecule has 0 unspecified atom stereocenters. The molecule has 2 aliphatic heterocycles. The summed E-state index contributed by atoms with van der Waals surface area (Å²) in [6.45, 7) is 4.74. The first-order valence-corrected chi connectivity index (χ1v) is 9.24. The molecular formula is C20H25N3O2. The van der Waals surface area contributed by atoms with Crippen LogP contribution in [0.3, 0.4) is 0 Å². The van der Waals surface area contributed by atoms with Gasteiger partial charge in [0.2, 0.25) is 5.76 Å². The van der Waals surface area contributed by atoms with Crippen LogP contribution in [-0.2, 0) is 6.54 Å². The van der Waals surface area contributed by atoms with Gasteiger partial charge in [0.15, 0.2) is 0 Å². The highest BCUT2D eigenvalue weighted by Crippen LogP contribution is 2.32. The van der Waals surface area contributed by atoms with Crippen molar-refractivity contribution in [1.29, 1.82) is 0 Å². The molecule has 5 nitrogen and oxygen atoms in total. The van der Waals surface area contributed by atoms with E-state index in [0.717, 1.165) is 44.6 Å². The van der Waals surface area contributed by atoms with E-state index in [-0.39, 0.29) is 11.9 Å². The summed E-state index contributed by atoms with van der Waals surface area (Å²) in [4.78, 5) is 17.4. The molecule has 0 saturated carbocycles. The molecule has 1 aromatic heterocycles. The van der Waals surface area contributed by atoms with Crippen molar-refractivity contribution in [2.24, 2.45) is 0 Å². The van der Waals surface area contributed by atoms with Crippen molar-refractivity contribution in [2.75, 3.05) is 13.1 Å². The number of carbonyl (C=O) groups excluding carboxylic acids is 1. The number of aryl methyl sites for hydroxylation is 1. The summed E-state index contributed by atoms with van der Waals surface area (Å²) in [6, 6.07) is 13.1. The van der Waals surface area contributed by atoms with Gasteiger partial charge in [-0.3, -0.25) is 9.69 Å². The monoisotopic (exact) mass is 339 g/mol. The van der Waals surface area contributed by atoms with Crippen molar-refractivity contribution in [3.63, 3.8) is 0 Å². The SMILES string of the molecule is Cc1cc(C(=O)N2CCC[C@@H]2[C@H]2CCCN2Cc2ccccc2)on1. The van der Waals surface area contributed by atoms with E-state index < -0.39 is 0 Å². The minimum atomic E-state index is -0.00494. The fraction of sp³-hybridized carbons (Fsp3) is 0.500. The molecule has 2 aliphatic rings. The van der Waals surface area contributed by atoms with Gasteiger partial charge in [0.25, 0.3) is 5.91 Å². The summed E-state index contributed by atoms with van der Waals surface area (Å²) in [5.74, 6) is 0.367. The standard InChI is InChI=1S/C20H25N3O2/c1-15-13-19(25-21-15)20(24)23-12-6-10-18(23)17-9-5-11-22(17)14-16-7-3-2-4-8-16/h2-4,7-8,13,17-18H,5-6,9-12,14H2,1H3/t17-,18-/m1/s1. The van der Waals surface area contributed by atoms with Crippen molar-refractivity contribution >= 4 is 5.91 Å². The summed E-state index contributed by atoms with van der Waals surface area (Å²) in [6.07, 6.45) is 4.52. The lowest BCUT2D eigenvalue weighted by Gasteiger charge is -2.34. The summed E-state index contributed by atoms with van der Waals surface area (Å²) in [5, 5.41) is 3.87. The molecule has 2 aromatic rings. The van der Waals surface area contributed by atoms with E-state index in [9.17, 15) is 4.79 Å². The van der Waals surface area contributed by atoms with Gasteiger partial charge in [-0.2, -0.15) is 0 Å². The zero-order valence-corrected chi connectivity index (χ0v) is 14.7. The smallest absolute Gasteiger partial charge is 0.292 e. The van der Waals surface area contributed by atoms with Gasteiger partial charge in [-0.05, 0) is 44.7 Å². The maximum atomic E-state index is 12.9. The van der Waals surface area contributed by atoms with E-state index in [1.165, 1.54) is 12.0 Å². The number of carbonyl (C=O) groups is 1. The number of amides is 1. The van der Waals surface area contributed by atoms with Gasteiger partial charge in [0, 0.05) is 31.2 Å². The Balaban J connectivity index is 1.50. The number of hydrogen-bond donors (Lipinski definition) is 0. The van der Waals surface area contributed by atoms with Gasteiger partial charge >= 0.3 is 0 Å². The van der Waals surface area contributed by atoms with Crippen molar-refractivity contribution in [3.8, 4) is 0 Å². The van der Waals surface area contributed by atoms with Gasteiger partial charge in [-0.25, -0.2) is 0 Å². The molecule has 1 aromatic carbocycles. The molecule has 4 rings (SSSR count). The van der Waals surface area contributed by atoms with Crippen molar-refractivity contribution in [1.82, 2.24) is 15.0 Å². The Morgan fingerprint density at radius 2 is 1.92 bits per heavy atom. The third-order valence-corrected chi connectivity index (χ3v) is 5.49. The van der Waals surface area contributed by atoms with Crippen LogP contribution in [0, 0.1) is 6.92 Å². The fourth-order valence-corrected chi connectivity index (χ4v) is 4.35. The Labute approximate surface area is 148 Å². The predicted molar refractivity (Wildman–Crippen MR) is 95.2 cm³/mol. The van der Waals surface area contributed by atoms with Crippen LogP contribution in [-0.4, -0.2) is 46.0 Å². The van der Waals surface area contributed by atoms with Crippen LogP contribution in [0.4, 0.5) is 0 Å². The lowest BCUT2D eigenvalue weighted by atomic mass is 10.0. The van der Waals surface area contributed by atoms with Gasteiger partial charge in [0.1, 0.15) is 0 Å². The van der Waals surface area contributed by atoms with E-state index in [2.05, 4.69) is 40.4 Å². The zero-order valence-electron chi connectivity index (χ0n) is 14.7. The second-order valence-corrected chi connectivity index (χ2v) is 7.21. The van der Waals surface area contributed by atoms with E-state index in [1.54, 1.807) is 6.07 Å². The molecule has 0 bridgehead atoms. The lowest BCUT2D eigenvalue weighted by molar-refractivity contribution is 0.0599. The first kappa shape index (κ1) is 16.3. The summed E-state index contributed by atoms with van der Waals surface area (Å²) in [7, 11) is 0. The van der Waals surface area contributed by atoms with Crippen LogP contribution in [0.1, 0.15) is 47.5 Å². The molecule has 132 valence electrons. The molecule has 3 heterocycles. The molecule has 5 heteroatoms. The summed E-state index contributed by atoms with van der Waals surface area (Å²) >= 11 is 0. The molecule has 0 spiro atoms. The van der Waals surface area contributed by atoms with Crippen molar-refractivity contribution < 1.29 is 9.32 Å². The molecule has 2 fully saturated rings. The highest BCUT2D eigenvalue weighted by Gasteiger charge is 2.40. The third kappa shape index (κ3) is 3.33. The maximum absolute atomic E-state index is 12.9. The van der Waals surface area contributed by atoms with E-state index in [4.69, 9.17) is 4.52 Å². The molecule has 0 aliphatic carbocycles. The average molecular weight is 339 g/mol. The number of nitrogens with zero attached hydrogens (tertiary/aromatic N) is 3. The number of rotatable bonds is 4. The van der Waals surface area contributed by atoms with Crippen LogP contribution in [0.5, 0.6) is 0 Å². The first-order chi connectivity index (χ1) is 12.2. The molecule has 25 heavy (non-hydrogen) atoms. The van der Waals surface area contributed by atoms with Crippen LogP contribution in [0.2, 0.25) is 0 Å². The minimum Gasteiger partial charge on any atom is -0.351 e. The summed E-state index contributed by atoms with van der Waals surface area (Å²) < 4.78 is 5.22. The lowest BCUT2D eigenvalue weighted by Crippen LogP contribution is -2.48. The molecule has 0 N–H and O–H groups in total. The Hall–Kier alpha value is -2.14. The molecular weight excluding hydrogens is 314 g/mol. The molecule has 0 radical (unpaired) electrons. The molecule has 1 amide bonds. The predicted octanol–water partition coefficient (Wildman–Crippen LogP) is 3.25. The second kappa shape index (κ2) is 7.00. The first-order valence-electron chi connectivity index (χ1n) is 9.24. The normalized spacial score (nSPS) is 24.1. The Kier molecular flexibility index (Phi) is 4.57. The van der Waals surface area contributed by atoms with E-state index in [0.29, 0.717) is 11.8 Å². The van der Waals surface area contributed by atoms with E-state index >= 15 is 0 Å². The molecule has 2 saturated heterocycles. The van der Waals surface area contributed by atoms with Gasteiger partial charge in [-0.1, -0.05) is 35.5 Å². The maximum Gasteiger partial charge on any atom is 0.292 e. The summed E-state index contributed by atoms with van der Waals surface area (Å²) in [5.41, 5.74) is 2.10. The largest absolute Gasteiger partial charge is 0.351 e. The highest BCUT2D eigenvalue weighted by molar-refractivity contribution is 5.92. The Bertz CT molecular complexity index is 728. The van der Waals surface area contributed by atoms with Crippen LogP contribution >= 0.6 is 0 Å². The van der Waals surface area contributed by atoms with Crippen molar-refractivity contribution in [2.45, 2.75) is 51.2 Å². The topological polar surface area (TPSA) is 49.6 Å². The van der Waals surface area contributed by atoms with Gasteiger partial charge < -0.3 is 9.42 Å². The van der Waals surface area contributed by atoms with Crippen LogP contribution in [0.25, 0.3) is 0 Å². The van der Waals surface area contributed by atoms with Gasteiger partial charge in [-0.15, -0.1) is 0 Å². The minimum absolute atomic E-state index is 0.00494. The quantitative estimate of drug-likeness (QED) is 0.858. The van der Waals surface area contributed by atoms with E-state index in [1.807, 2.05) is 11.8 Å². The average Bonchev–Trinajstić information content (AvgIpc) is 3.35. The van der Waals surface area contributed by atoms with Crippen LogP contribution < -0.4 is 0 Å².